The number of rotatable bonds is 5. The number of nitrogens with one attached hydrogen (secondary N) is 1. The Labute approximate surface area is 190 Å². The lowest BCUT2D eigenvalue weighted by Crippen LogP contribution is -2.28. The van der Waals surface area contributed by atoms with Crippen LogP contribution in [0.1, 0.15) is 18.4 Å². The maximum atomic E-state index is 12.9. The molecule has 5 rings (SSSR count). The fraction of sp³-hybridized carbons (Fsp3) is 0.125. The van der Waals surface area contributed by atoms with Crippen LogP contribution < -0.4 is 9.62 Å². The van der Waals surface area contributed by atoms with Crippen LogP contribution in [0.4, 0.5) is 11.4 Å². The number of hydrogen-bond donors (Lipinski definition) is 1. The molecule has 166 valence electrons. The lowest BCUT2D eigenvalue weighted by Gasteiger charge is -2.14. The summed E-state index contributed by atoms with van der Waals surface area (Å²) in [6, 6.07) is 16.7. The van der Waals surface area contributed by atoms with Crippen LogP contribution in [0.2, 0.25) is 0 Å². The fourth-order valence-electron chi connectivity index (χ4n) is 3.82. The first-order valence-corrected chi connectivity index (χ1v) is 11.8. The first kappa shape index (κ1) is 20.9. The average Bonchev–Trinajstić information content (AvgIpc) is 3.36. The Bertz CT molecular complexity index is 1490. The van der Waals surface area contributed by atoms with Gasteiger partial charge < -0.3 is 4.40 Å². The highest BCUT2D eigenvalue weighted by molar-refractivity contribution is 7.92. The average molecular weight is 461 g/mol. The molecule has 8 nitrogen and oxygen atoms in total. The monoisotopic (exact) mass is 460 g/mol. The number of nitrogens with zero attached hydrogens (tertiary/aromatic N) is 3. The van der Waals surface area contributed by atoms with E-state index in [4.69, 9.17) is 0 Å². The Hall–Kier alpha value is -3.98. The second-order valence-corrected chi connectivity index (χ2v) is 9.58. The molecule has 1 fully saturated rings. The third-order valence-corrected chi connectivity index (χ3v) is 6.88. The van der Waals surface area contributed by atoms with E-state index in [1.807, 2.05) is 41.9 Å². The highest BCUT2D eigenvalue weighted by Crippen LogP contribution is 2.27. The number of pyridine rings is 1. The van der Waals surface area contributed by atoms with E-state index in [1.165, 1.54) is 24.3 Å². The van der Waals surface area contributed by atoms with Gasteiger partial charge in [-0.05, 0) is 61.0 Å². The molecule has 1 saturated heterocycles. The number of carbonyl (C=O) groups excluding carboxylic acids is 2. The van der Waals surface area contributed by atoms with Crippen LogP contribution in [0.25, 0.3) is 16.9 Å². The summed E-state index contributed by atoms with van der Waals surface area (Å²) in [4.78, 5) is 29.5. The molecular weight excluding hydrogens is 440 g/mol. The summed E-state index contributed by atoms with van der Waals surface area (Å²) in [6.07, 6.45) is 4.16. The third-order valence-electron chi connectivity index (χ3n) is 5.48. The zero-order valence-electron chi connectivity index (χ0n) is 17.7. The number of fused-ring (bicyclic) bond motifs is 1. The van der Waals surface area contributed by atoms with Gasteiger partial charge in [-0.25, -0.2) is 13.4 Å². The van der Waals surface area contributed by atoms with Crippen molar-refractivity contribution in [1.29, 1.82) is 0 Å². The minimum Gasteiger partial charge on any atom is -0.306 e. The molecule has 3 heterocycles. The predicted molar refractivity (Wildman–Crippen MR) is 124 cm³/mol. The van der Waals surface area contributed by atoms with E-state index in [2.05, 4.69) is 9.71 Å². The second-order valence-electron chi connectivity index (χ2n) is 7.90. The maximum absolute atomic E-state index is 12.9. The standard InChI is InChI=1S/C24H20N4O4S/c1-16-11-12-27-15-21(25-22(27)13-16)17-3-2-4-18(14-17)26-33(31,32)20-7-5-19(6-8-20)28-23(29)9-10-24(28)30/h2-8,11-15,26H,9-10H2,1H3. The molecule has 2 aromatic carbocycles. The summed E-state index contributed by atoms with van der Waals surface area (Å²) in [5.41, 5.74) is 4.18. The van der Waals surface area contributed by atoms with E-state index in [0.717, 1.165) is 27.4 Å². The molecule has 0 saturated carbocycles. The van der Waals surface area contributed by atoms with E-state index in [-0.39, 0.29) is 29.6 Å². The van der Waals surface area contributed by atoms with Gasteiger partial charge in [-0.1, -0.05) is 12.1 Å². The molecule has 0 atom stereocenters. The van der Waals surface area contributed by atoms with Crippen molar-refractivity contribution >= 4 is 38.9 Å². The molecule has 1 aliphatic rings. The number of carbonyl (C=O) groups is 2. The molecule has 0 spiro atoms. The number of aryl methyl sites for hydroxylation is 1. The summed E-state index contributed by atoms with van der Waals surface area (Å²) in [5.74, 6) is -0.569. The summed E-state index contributed by atoms with van der Waals surface area (Å²) >= 11 is 0. The van der Waals surface area contributed by atoms with Crippen molar-refractivity contribution in [3.8, 4) is 11.3 Å². The van der Waals surface area contributed by atoms with E-state index in [0.29, 0.717) is 11.4 Å². The molecule has 2 amide bonds. The van der Waals surface area contributed by atoms with Gasteiger partial charge in [-0.3, -0.25) is 19.2 Å². The summed E-state index contributed by atoms with van der Waals surface area (Å²) in [6.45, 7) is 2.00. The predicted octanol–water partition coefficient (Wildman–Crippen LogP) is 3.76. The first-order chi connectivity index (χ1) is 15.8. The second kappa shape index (κ2) is 7.86. The maximum Gasteiger partial charge on any atom is 0.261 e. The Morgan fingerprint density at radius 3 is 2.39 bits per heavy atom. The summed E-state index contributed by atoms with van der Waals surface area (Å²) < 4.78 is 30.3. The van der Waals surface area contributed by atoms with Gasteiger partial charge in [-0.2, -0.15) is 0 Å². The van der Waals surface area contributed by atoms with E-state index in [1.54, 1.807) is 18.2 Å². The van der Waals surface area contributed by atoms with Gasteiger partial charge in [-0.15, -0.1) is 0 Å². The Kier molecular flexibility index (Phi) is 4.98. The van der Waals surface area contributed by atoms with Gasteiger partial charge in [0.05, 0.1) is 16.3 Å². The van der Waals surface area contributed by atoms with Gasteiger partial charge >= 0.3 is 0 Å². The van der Waals surface area contributed by atoms with Crippen molar-refractivity contribution in [3.63, 3.8) is 0 Å². The lowest BCUT2D eigenvalue weighted by atomic mass is 10.1. The zero-order chi connectivity index (χ0) is 23.2. The van der Waals surface area contributed by atoms with Crippen LogP contribution in [-0.4, -0.2) is 29.6 Å². The zero-order valence-corrected chi connectivity index (χ0v) is 18.5. The van der Waals surface area contributed by atoms with E-state index < -0.39 is 10.0 Å². The number of sulfonamides is 1. The van der Waals surface area contributed by atoms with Gasteiger partial charge in [0, 0.05) is 36.5 Å². The fourth-order valence-corrected chi connectivity index (χ4v) is 4.87. The molecule has 0 aliphatic carbocycles. The van der Waals surface area contributed by atoms with Gasteiger partial charge in [0.15, 0.2) is 0 Å². The highest BCUT2D eigenvalue weighted by atomic mass is 32.2. The Morgan fingerprint density at radius 1 is 0.939 bits per heavy atom. The number of aromatic nitrogens is 2. The first-order valence-electron chi connectivity index (χ1n) is 10.3. The third kappa shape index (κ3) is 3.98. The normalized spacial score (nSPS) is 14.3. The van der Waals surface area contributed by atoms with Crippen LogP contribution in [0.15, 0.2) is 78.0 Å². The number of amides is 2. The SMILES string of the molecule is Cc1ccn2cc(-c3cccc(NS(=O)(=O)c4ccc(N5C(=O)CCC5=O)cc4)c3)nc2c1. The van der Waals surface area contributed by atoms with Crippen LogP contribution >= 0.6 is 0 Å². The van der Waals surface area contributed by atoms with Crippen molar-refractivity contribution in [2.24, 2.45) is 0 Å². The van der Waals surface area contributed by atoms with Gasteiger partial charge in [0.2, 0.25) is 11.8 Å². The Balaban J connectivity index is 1.39. The molecule has 0 radical (unpaired) electrons. The minimum absolute atomic E-state index is 0.0268. The molecule has 0 unspecified atom stereocenters. The number of hydrogen-bond acceptors (Lipinski definition) is 5. The smallest absolute Gasteiger partial charge is 0.261 e. The van der Waals surface area contributed by atoms with Crippen LogP contribution in [0.3, 0.4) is 0 Å². The number of anilines is 2. The quantitative estimate of drug-likeness (QED) is 0.457. The molecule has 9 heteroatoms. The van der Waals surface area contributed by atoms with Gasteiger partial charge in [0.25, 0.3) is 10.0 Å². The largest absolute Gasteiger partial charge is 0.306 e. The van der Waals surface area contributed by atoms with Crippen molar-refractivity contribution < 1.29 is 18.0 Å². The number of imidazole rings is 1. The molecular formula is C24H20N4O4S. The van der Waals surface area contributed by atoms with E-state index in [9.17, 15) is 18.0 Å². The van der Waals surface area contributed by atoms with Crippen molar-refractivity contribution in [3.05, 3.63) is 78.6 Å². The van der Waals surface area contributed by atoms with Crippen molar-refractivity contribution in [2.75, 3.05) is 9.62 Å². The number of imide groups is 1. The lowest BCUT2D eigenvalue weighted by molar-refractivity contribution is -0.121. The van der Waals surface area contributed by atoms with Crippen LogP contribution in [-0.2, 0) is 19.6 Å². The van der Waals surface area contributed by atoms with Crippen LogP contribution in [0, 0.1) is 6.92 Å². The topological polar surface area (TPSA) is 101 Å². The molecule has 1 N–H and O–H groups in total. The minimum atomic E-state index is -3.87. The molecule has 0 bridgehead atoms. The van der Waals surface area contributed by atoms with Crippen molar-refractivity contribution in [2.45, 2.75) is 24.7 Å². The molecule has 4 aromatic rings. The summed E-state index contributed by atoms with van der Waals surface area (Å²) in [7, 11) is -3.87. The van der Waals surface area contributed by atoms with Crippen molar-refractivity contribution in [1.82, 2.24) is 9.38 Å². The van der Waals surface area contributed by atoms with Crippen LogP contribution in [0.5, 0.6) is 0 Å². The molecule has 33 heavy (non-hydrogen) atoms. The molecule has 1 aliphatic heterocycles. The van der Waals surface area contributed by atoms with E-state index >= 15 is 0 Å². The summed E-state index contributed by atoms with van der Waals surface area (Å²) in [5, 5.41) is 0. The number of benzene rings is 2. The molecule has 2 aromatic heterocycles. The van der Waals surface area contributed by atoms with Gasteiger partial charge in [0.1, 0.15) is 5.65 Å². The Morgan fingerprint density at radius 2 is 1.67 bits per heavy atom. The highest BCUT2D eigenvalue weighted by Gasteiger charge is 2.30.